The van der Waals surface area contributed by atoms with Crippen molar-refractivity contribution in [3.63, 3.8) is 0 Å². The van der Waals surface area contributed by atoms with Gasteiger partial charge in [-0.25, -0.2) is 0 Å². The summed E-state index contributed by atoms with van der Waals surface area (Å²) in [5.41, 5.74) is 4.60. The van der Waals surface area contributed by atoms with Gasteiger partial charge in [-0.1, -0.05) is 6.92 Å². The molecular formula is C14H28F3N3O. The molecule has 126 valence electrons. The van der Waals surface area contributed by atoms with Crippen molar-refractivity contribution in [1.82, 2.24) is 10.2 Å². The molecule has 0 aromatic rings. The third-order valence-corrected chi connectivity index (χ3v) is 3.40. The van der Waals surface area contributed by atoms with E-state index in [9.17, 15) is 18.0 Å². The van der Waals surface area contributed by atoms with Crippen molar-refractivity contribution < 1.29 is 18.0 Å². The second-order valence-electron chi connectivity index (χ2n) is 5.94. The van der Waals surface area contributed by atoms with E-state index in [2.05, 4.69) is 5.32 Å². The van der Waals surface area contributed by atoms with Gasteiger partial charge >= 0.3 is 6.18 Å². The Morgan fingerprint density at radius 3 is 2.24 bits per heavy atom. The van der Waals surface area contributed by atoms with Gasteiger partial charge in [-0.05, 0) is 53.1 Å². The molecule has 0 aliphatic heterocycles. The van der Waals surface area contributed by atoms with Crippen molar-refractivity contribution in [1.29, 1.82) is 0 Å². The van der Waals surface area contributed by atoms with Gasteiger partial charge in [-0.15, -0.1) is 0 Å². The van der Waals surface area contributed by atoms with Crippen LogP contribution in [-0.2, 0) is 4.79 Å². The van der Waals surface area contributed by atoms with Crippen molar-refractivity contribution in [2.24, 2.45) is 5.73 Å². The van der Waals surface area contributed by atoms with Gasteiger partial charge in [0.25, 0.3) is 0 Å². The highest BCUT2D eigenvalue weighted by molar-refractivity contribution is 5.84. The van der Waals surface area contributed by atoms with Gasteiger partial charge in [0.05, 0.1) is 12.1 Å². The van der Waals surface area contributed by atoms with Crippen LogP contribution in [0, 0.1) is 0 Å². The smallest absolute Gasteiger partial charge is 0.368 e. The van der Waals surface area contributed by atoms with E-state index in [1.54, 1.807) is 13.8 Å². The van der Waals surface area contributed by atoms with E-state index < -0.39 is 24.2 Å². The molecule has 0 aromatic carbocycles. The minimum Gasteiger partial charge on any atom is -0.368 e. The molecule has 4 nitrogen and oxygen atoms in total. The van der Waals surface area contributed by atoms with Gasteiger partial charge in [0.2, 0.25) is 5.91 Å². The second-order valence-corrected chi connectivity index (χ2v) is 5.94. The third kappa shape index (κ3) is 8.93. The summed E-state index contributed by atoms with van der Waals surface area (Å²) in [7, 11) is 0. The molecule has 0 aromatic heterocycles. The molecule has 0 rings (SSSR count). The number of primary amides is 1. The van der Waals surface area contributed by atoms with Crippen LogP contribution in [0.2, 0.25) is 0 Å². The van der Waals surface area contributed by atoms with Gasteiger partial charge in [-0.2, -0.15) is 13.2 Å². The lowest BCUT2D eigenvalue weighted by Crippen LogP contribution is -2.55. The van der Waals surface area contributed by atoms with E-state index in [4.69, 9.17) is 5.73 Å². The highest BCUT2D eigenvalue weighted by Crippen LogP contribution is 2.18. The van der Waals surface area contributed by atoms with Crippen LogP contribution in [0.5, 0.6) is 0 Å². The zero-order valence-electron chi connectivity index (χ0n) is 13.4. The predicted octanol–water partition coefficient (Wildman–Crippen LogP) is 2.28. The Balaban J connectivity index is 4.24. The van der Waals surface area contributed by atoms with Gasteiger partial charge < -0.3 is 11.1 Å². The Hall–Kier alpha value is -0.820. The summed E-state index contributed by atoms with van der Waals surface area (Å²) < 4.78 is 37.0. The van der Waals surface area contributed by atoms with Crippen molar-refractivity contribution in [2.45, 2.75) is 64.7 Å². The fourth-order valence-electron chi connectivity index (χ4n) is 2.32. The predicted molar refractivity (Wildman–Crippen MR) is 77.9 cm³/mol. The highest BCUT2D eigenvalue weighted by atomic mass is 19.4. The van der Waals surface area contributed by atoms with Crippen molar-refractivity contribution in [3.8, 4) is 0 Å². The lowest BCUT2D eigenvalue weighted by atomic mass is 9.93. The standard InChI is InChI=1S/C14H28F3N3O/c1-5-20(10-14(15,16)17)9-7-6-8-13(4,12(18)21)19-11(2)3/h11,19H,5-10H2,1-4H3,(H2,18,21). The van der Waals surface area contributed by atoms with Crippen molar-refractivity contribution >= 4 is 5.91 Å². The van der Waals surface area contributed by atoms with Crippen molar-refractivity contribution in [3.05, 3.63) is 0 Å². The molecule has 0 radical (unpaired) electrons. The molecular weight excluding hydrogens is 283 g/mol. The Labute approximate surface area is 125 Å². The first-order valence-electron chi connectivity index (χ1n) is 7.37. The summed E-state index contributed by atoms with van der Waals surface area (Å²) in [5.74, 6) is -0.432. The molecule has 3 N–H and O–H groups in total. The van der Waals surface area contributed by atoms with Gasteiger partial charge in [-0.3, -0.25) is 9.69 Å². The quantitative estimate of drug-likeness (QED) is 0.609. The SMILES string of the molecule is CCN(CCCCC(C)(NC(C)C)C(N)=O)CC(F)(F)F. The third-order valence-electron chi connectivity index (χ3n) is 3.40. The van der Waals surface area contributed by atoms with Crippen LogP contribution >= 0.6 is 0 Å². The number of nitrogens with one attached hydrogen (secondary N) is 1. The molecule has 0 aliphatic rings. The number of hydrogen-bond acceptors (Lipinski definition) is 3. The maximum absolute atomic E-state index is 12.3. The summed E-state index contributed by atoms with van der Waals surface area (Å²) in [4.78, 5) is 12.9. The number of nitrogens with two attached hydrogens (primary N) is 1. The zero-order valence-corrected chi connectivity index (χ0v) is 13.4. The van der Waals surface area contributed by atoms with E-state index >= 15 is 0 Å². The molecule has 0 saturated heterocycles. The van der Waals surface area contributed by atoms with E-state index in [-0.39, 0.29) is 6.04 Å². The first kappa shape index (κ1) is 20.2. The van der Waals surface area contributed by atoms with Crippen LogP contribution < -0.4 is 11.1 Å². The van der Waals surface area contributed by atoms with Crippen LogP contribution in [0.3, 0.4) is 0 Å². The normalized spacial score (nSPS) is 15.5. The maximum Gasteiger partial charge on any atom is 0.401 e. The first-order chi connectivity index (χ1) is 9.50. The fourth-order valence-corrected chi connectivity index (χ4v) is 2.32. The maximum atomic E-state index is 12.3. The molecule has 1 unspecified atom stereocenters. The van der Waals surface area contributed by atoms with Gasteiger partial charge in [0.1, 0.15) is 0 Å². The van der Waals surface area contributed by atoms with E-state index in [0.717, 1.165) is 0 Å². The largest absolute Gasteiger partial charge is 0.401 e. The van der Waals surface area contributed by atoms with Gasteiger partial charge in [0.15, 0.2) is 0 Å². The minimum absolute atomic E-state index is 0.111. The molecule has 0 spiro atoms. The van der Waals surface area contributed by atoms with Crippen LogP contribution in [0.15, 0.2) is 0 Å². The summed E-state index contributed by atoms with van der Waals surface area (Å²) >= 11 is 0. The highest BCUT2D eigenvalue weighted by Gasteiger charge is 2.32. The van der Waals surface area contributed by atoms with Crippen LogP contribution in [0.25, 0.3) is 0 Å². The average Bonchev–Trinajstić information content (AvgIpc) is 2.30. The van der Waals surface area contributed by atoms with Crippen LogP contribution in [-0.4, -0.2) is 48.2 Å². The van der Waals surface area contributed by atoms with Crippen LogP contribution in [0.1, 0.15) is 47.0 Å². The molecule has 0 fully saturated rings. The minimum atomic E-state index is -4.17. The average molecular weight is 311 g/mol. The fraction of sp³-hybridized carbons (Fsp3) is 0.929. The number of nitrogens with zero attached hydrogens (tertiary/aromatic N) is 1. The number of amides is 1. The Kier molecular flexibility index (Phi) is 8.25. The number of halogens is 3. The summed E-state index contributed by atoms with van der Waals surface area (Å²) in [6.07, 6.45) is -2.40. The van der Waals surface area contributed by atoms with E-state index in [0.29, 0.717) is 32.4 Å². The molecule has 21 heavy (non-hydrogen) atoms. The summed E-state index contributed by atoms with van der Waals surface area (Å²) in [5, 5.41) is 3.13. The summed E-state index contributed by atoms with van der Waals surface area (Å²) in [6.45, 7) is 7.12. The number of carbonyl (C=O) groups excluding carboxylic acids is 1. The van der Waals surface area contributed by atoms with E-state index in [1.165, 1.54) is 4.90 Å². The van der Waals surface area contributed by atoms with Gasteiger partial charge in [0, 0.05) is 6.04 Å². The number of alkyl halides is 3. The number of hydrogen-bond donors (Lipinski definition) is 2. The molecule has 1 atom stereocenters. The molecule has 0 bridgehead atoms. The molecule has 0 saturated carbocycles. The first-order valence-corrected chi connectivity index (χ1v) is 7.37. The number of rotatable bonds is 10. The monoisotopic (exact) mass is 311 g/mol. The summed E-state index contributed by atoms with van der Waals surface area (Å²) in [6, 6.07) is 0.111. The zero-order chi connectivity index (χ0) is 16.7. The second kappa shape index (κ2) is 8.58. The van der Waals surface area contributed by atoms with Crippen LogP contribution in [0.4, 0.5) is 13.2 Å². The molecule has 7 heteroatoms. The topological polar surface area (TPSA) is 58.4 Å². The Bertz CT molecular complexity index is 321. The van der Waals surface area contributed by atoms with Crippen molar-refractivity contribution in [2.75, 3.05) is 19.6 Å². The number of carbonyl (C=O) groups is 1. The lowest BCUT2D eigenvalue weighted by Gasteiger charge is -2.30. The lowest BCUT2D eigenvalue weighted by molar-refractivity contribution is -0.145. The molecule has 0 heterocycles. The molecule has 0 aliphatic carbocycles. The number of unbranched alkanes of at least 4 members (excludes halogenated alkanes) is 1. The molecule has 1 amide bonds. The Morgan fingerprint density at radius 1 is 1.29 bits per heavy atom. The van der Waals surface area contributed by atoms with E-state index in [1.807, 2.05) is 13.8 Å². The Morgan fingerprint density at radius 2 is 1.86 bits per heavy atom.